The lowest BCUT2D eigenvalue weighted by Gasteiger charge is -2.19. The van der Waals surface area contributed by atoms with Crippen molar-refractivity contribution in [1.29, 1.82) is 0 Å². The van der Waals surface area contributed by atoms with Crippen molar-refractivity contribution in [2.75, 3.05) is 13.1 Å². The van der Waals surface area contributed by atoms with Crippen molar-refractivity contribution in [3.8, 4) is 0 Å². The van der Waals surface area contributed by atoms with Crippen LogP contribution in [0.2, 0.25) is 0 Å². The number of carbonyl (C=O) groups is 1. The fourth-order valence-corrected chi connectivity index (χ4v) is 4.52. The zero-order chi connectivity index (χ0) is 17.6. The molecular weight excluding hydrogens is 324 g/mol. The third-order valence-electron chi connectivity index (χ3n) is 4.62. The van der Waals surface area contributed by atoms with Crippen molar-refractivity contribution in [3.05, 3.63) is 29.8 Å². The molecule has 0 aromatic heterocycles. The summed E-state index contributed by atoms with van der Waals surface area (Å²) >= 11 is 0. The van der Waals surface area contributed by atoms with Crippen LogP contribution in [0.5, 0.6) is 0 Å². The first-order chi connectivity index (χ1) is 11.5. The Hall–Kier alpha value is -1.40. The summed E-state index contributed by atoms with van der Waals surface area (Å²) in [6.07, 6.45) is 6.24. The highest BCUT2D eigenvalue weighted by Gasteiger charge is 2.22. The van der Waals surface area contributed by atoms with Gasteiger partial charge in [0, 0.05) is 24.7 Å². The van der Waals surface area contributed by atoms with E-state index in [1.807, 2.05) is 13.8 Å². The third kappa shape index (κ3) is 4.80. The van der Waals surface area contributed by atoms with Crippen LogP contribution < -0.4 is 4.72 Å². The second-order valence-electron chi connectivity index (χ2n) is 6.32. The van der Waals surface area contributed by atoms with E-state index in [1.165, 1.54) is 18.9 Å². The van der Waals surface area contributed by atoms with Crippen LogP contribution in [-0.4, -0.2) is 38.4 Å². The van der Waals surface area contributed by atoms with Gasteiger partial charge in [-0.2, -0.15) is 0 Å². The van der Waals surface area contributed by atoms with E-state index in [0.29, 0.717) is 18.7 Å². The molecule has 0 radical (unpaired) electrons. The van der Waals surface area contributed by atoms with Gasteiger partial charge in [-0.3, -0.25) is 4.79 Å². The molecule has 0 unspecified atom stereocenters. The predicted octanol–water partition coefficient (Wildman–Crippen LogP) is 3.17. The van der Waals surface area contributed by atoms with Gasteiger partial charge in [-0.15, -0.1) is 0 Å². The van der Waals surface area contributed by atoms with E-state index in [2.05, 4.69) is 4.72 Å². The molecule has 0 aliphatic heterocycles. The van der Waals surface area contributed by atoms with Crippen LogP contribution in [0.1, 0.15) is 62.7 Å². The summed E-state index contributed by atoms with van der Waals surface area (Å²) in [5, 5.41) is 0. The van der Waals surface area contributed by atoms with Gasteiger partial charge >= 0.3 is 0 Å². The summed E-state index contributed by atoms with van der Waals surface area (Å²) in [7, 11) is -3.59. The Labute approximate surface area is 145 Å². The van der Waals surface area contributed by atoms with Crippen molar-refractivity contribution in [3.63, 3.8) is 0 Å². The molecule has 6 heteroatoms. The second-order valence-corrected chi connectivity index (χ2v) is 8.03. The molecule has 0 heterocycles. The van der Waals surface area contributed by atoms with Gasteiger partial charge in [-0.1, -0.05) is 31.7 Å². The van der Waals surface area contributed by atoms with Crippen molar-refractivity contribution in [2.24, 2.45) is 0 Å². The number of hydrogen-bond acceptors (Lipinski definition) is 3. The maximum absolute atomic E-state index is 12.7. The zero-order valence-corrected chi connectivity index (χ0v) is 15.4. The molecule has 1 saturated carbocycles. The summed E-state index contributed by atoms with van der Waals surface area (Å²) in [5.41, 5.74) is 0.419. The van der Waals surface area contributed by atoms with Crippen LogP contribution in [0.4, 0.5) is 0 Å². The maximum Gasteiger partial charge on any atom is 0.253 e. The molecule has 134 valence electrons. The van der Waals surface area contributed by atoms with Crippen LogP contribution in [0.15, 0.2) is 29.2 Å². The van der Waals surface area contributed by atoms with Crippen molar-refractivity contribution >= 4 is 15.9 Å². The van der Waals surface area contributed by atoms with Crippen molar-refractivity contribution < 1.29 is 13.2 Å². The number of benzene rings is 1. The van der Waals surface area contributed by atoms with Gasteiger partial charge in [0.2, 0.25) is 10.0 Å². The largest absolute Gasteiger partial charge is 0.339 e. The SMILES string of the molecule is CCN(CC)C(=O)c1cccc(S(=O)(=O)NC2CCCCCC2)c1. The Morgan fingerprint density at radius 3 is 2.33 bits per heavy atom. The number of carbonyl (C=O) groups excluding carboxylic acids is 1. The zero-order valence-electron chi connectivity index (χ0n) is 14.6. The molecule has 1 aromatic carbocycles. The predicted molar refractivity (Wildman–Crippen MR) is 95.5 cm³/mol. The Kier molecular flexibility index (Phi) is 6.80. The summed E-state index contributed by atoms with van der Waals surface area (Å²) in [5.74, 6) is -0.133. The molecule has 1 aromatic rings. The minimum absolute atomic E-state index is 0.000334. The second kappa shape index (κ2) is 8.62. The molecular formula is C18H28N2O3S. The minimum atomic E-state index is -3.59. The molecule has 1 aliphatic carbocycles. The first-order valence-electron chi connectivity index (χ1n) is 8.89. The van der Waals surface area contributed by atoms with Crippen molar-refractivity contribution in [1.82, 2.24) is 9.62 Å². The molecule has 24 heavy (non-hydrogen) atoms. The average molecular weight is 353 g/mol. The van der Waals surface area contributed by atoms with Crippen LogP contribution in [-0.2, 0) is 10.0 Å². The molecule has 0 saturated heterocycles. The smallest absolute Gasteiger partial charge is 0.253 e. The summed E-state index contributed by atoms with van der Waals surface area (Å²) in [6.45, 7) is 5.03. The number of rotatable bonds is 6. The Morgan fingerprint density at radius 2 is 1.75 bits per heavy atom. The standard InChI is InChI=1S/C18H28N2O3S/c1-3-20(4-2)18(21)15-10-9-13-17(14-15)24(22,23)19-16-11-7-5-6-8-12-16/h9-10,13-14,16,19H,3-8,11-12H2,1-2H3. The topological polar surface area (TPSA) is 66.5 Å². The summed E-state index contributed by atoms with van der Waals surface area (Å²) in [6, 6.07) is 6.35. The molecule has 0 atom stereocenters. The molecule has 1 N–H and O–H groups in total. The average Bonchev–Trinajstić information content (AvgIpc) is 2.84. The molecule has 2 rings (SSSR count). The Morgan fingerprint density at radius 1 is 1.12 bits per heavy atom. The summed E-state index contributed by atoms with van der Waals surface area (Å²) < 4.78 is 28.1. The van der Waals surface area contributed by atoms with E-state index in [-0.39, 0.29) is 16.8 Å². The molecule has 1 amide bonds. The number of nitrogens with one attached hydrogen (secondary N) is 1. The molecule has 5 nitrogen and oxygen atoms in total. The highest BCUT2D eigenvalue weighted by atomic mass is 32.2. The van der Waals surface area contributed by atoms with E-state index in [4.69, 9.17) is 0 Å². The maximum atomic E-state index is 12.7. The third-order valence-corrected chi connectivity index (χ3v) is 6.14. The molecule has 1 aliphatic rings. The molecule has 0 spiro atoms. The fourth-order valence-electron chi connectivity index (χ4n) is 3.17. The van der Waals surface area contributed by atoms with Gasteiger partial charge in [-0.25, -0.2) is 13.1 Å². The van der Waals surface area contributed by atoms with E-state index >= 15 is 0 Å². The fraction of sp³-hybridized carbons (Fsp3) is 0.611. The van der Waals surface area contributed by atoms with Crippen LogP contribution in [0, 0.1) is 0 Å². The monoisotopic (exact) mass is 352 g/mol. The number of sulfonamides is 1. The van der Waals surface area contributed by atoms with Gasteiger partial charge in [0.1, 0.15) is 0 Å². The van der Waals surface area contributed by atoms with Gasteiger partial charge in [0.15, 0.2) is 0 Å². The van der Waals surface area contributed by atoms with E-state index in [0.717, 1.165) is 25.7 Å². The summed E-state index contributed by atoms with van der Waals surface area (Å²) in [4.78, 5) is 14.3. The highest BCUT2D eigenvalue weighted by Crippen LogP contribution is 2.20. The first-order valence-corrected chi connectivity index (χ1v) is 10.4. The van der Waals surface area contributed by atoms with Gasteiger partial charge in [0.05, 0.1) is 4.90 Å². The molecule has 1 fully saturated rings. The number of nitrogens with zero attached hydrogens (tertiary/aromatic N) is 1. The lowest BCUT2D eigenvalue weighted by atomic mass is 10.1. The van der Waals surface area contributed by atoms with Crippen molar-refractivity contribution in [2.45, 2.75) is 63.3 Å². The van der Waals surface area contributed by atoms with Gasteiger partial charge in [-0.05, 0) is 44.9 Å². The number of amides is 1. The molecule has 0 bridgehead atoms. The minimum Gasteiger partial charge on any atom is -0.339 e. The normalized spacial score (nSPS) is 16.6. The van der Waals surface area contributed by atoms with E-state index < -0.39 is 10.0 Å². The lowest BCUT2D eigenvalue weighted by Crippen LogP contribution is -2.35. The Bertz CT molecular complexity index is 646. The van der Waals surface area contributed by atoms with Crippen LogP contribution in [0.25, 0.3) is 0 Å². The number of hydrogen-bond donors (Lipinski definition) is 1. The van der Waals surface area contributed by atoms with Gasteiger partial charge in [0.25, 0.3) is 5.91 Å². The quantitative estimate of drug-likeness (QED) is 0.800. The first kappa shape index (κ1) is 18.9. The van der Waals surface area contributed by atoms with Crippen LogP contribution >= 0.6 is 0 Å². The van der Waals surface area contributed by atoms with Gasteiger partial charge < -0.3 is 4.90 Å². The van der Waals surface area contributed by atoms with E-state index in [1.54, 1.807) is 23.1 Å². The lowest BCUT2D eigenvalue weighted by molar-refractivity contribution is 0.0772. The Balaban J connectivity index is 2.18. The van der Waals surface area contributed by atoms with E-state index in [9.17, 15) is 13.2 Å². The van der Waals surface area contributed by atoms with Crippen LogP contribution in [0.3, 0.4) is 0 Å². The highest BCUT2D eigenvalue weighted by molar-refractivity contribution is 7.89.